The molecule has 2 aromatic rings. The van der Waals surface area contributed by atoms with Crippen LogP contribution in [0.15, 0.2) is 41.3 Å². The Labute approximate surface area is 133 Å². The van der Waals surface area contributed by atoms with Gasteiger partial charge in [0.1, 0.15) is 12.3 Å². The number of hydrogen-bond acceptors (Lipinski definition) is 4. The Hall–Kier alpha value is -2.14. The highest BCUT2D eigenvalue weighted by molar-refractivity contribution is 7.98. The average Bonchev–Trinajstić information content (AvgIpc) is 2.52. The van der Waals surface area contributed by atoms with Crippen LogP contribution in [0.2, 0.25) is 0 Å². The molecular formula is C17H17NO3S. The van der Waals surface area contributed by atoms with E-state index >= 15 is 0 Å². The van der Waals surface area contributed by atoms with Crippen molar-refractivity contribution in [2.24, 2.45) is 0 Å². The molecule has 3 rings (SSSR count). The number of likely N-dealkylation sites (N-methyl/N-ethyl adjacent to an activating group) is 1. The Morgan fingerprint density at radius 2 is 2.09 bits per heavy atom. The number of ether oxygens (including phenoxy) is 1. The summed E-state index contributed by atoms with van der Waals surface area (Å²) in [5, 5.41) is 8.94. The van der Waals surface area contributed by atoms with Gasteiger partial charge in [-0.2, -0.15) is 0 Å². The van der Waals surface area contributed by atoms with Gasteiger partial charge in [-0.05, 0) is 47.0 Å². The van der Waals surface area contributed by atoms with Gasteiger partial charge in [0.25, 0.3) is 0 Å². The summed E-state index contributed by atoms with van der Waals surface area (Å²) in [4.78, 5) is 13.8. The summed E-state index contributed by atoms with van der Waals surface area (Å²) in [5.41, 5.74) is 4.54. The second kappa shape index (κ2) is 5.93. The Kier molecular flexibility index (Phi) is 3.98. The van der Waals surface area contributed by atoms with Crippen LogP contribution in [0, 0.1) is 0 Å². The normalized spacial score (nSPS) is 12.3. The van der Waals surface area contributed by atoms with Gasteiger partial charge in [-0.3, -0.25) is 4.79 Å². The third kappa shape index (κ3) is 2.76. The van der Waals surface area contributed by atoms with Crippen LogP contribution < -0.4 is 9.64 Å². The predicted octanol–water partition coefficient (Wildman–Crippen LogP) is 3.49. The summed E-state index contributed by atoms with van der Waals surface area (Å²) in [6, 6.07) is 12.2. The number of carboxylic acid groups (broad SMARTS) is 1. The van der Waals surface area contributed by atoms with Crippen LogP contribution in [-0.4, -0.2) is 31.8 Å². The van der Waals surface area contributed by atoms with Gasteiger partial charge in [-0.1, -0.05) is 6.07 Å². The average molecular weight is 315 g/mol. The lowest BCUT2D eigenvalue weighted by Gasteiger charge is -2.23. The fourth-order valence-corrected chi connectivity index (χ4v) is 3.70. The number of methoxy groups -OCH3 is 1. The smallest absolute Gasteiger partial charge is 0.323 e. The van der Waals surface area contributed by atoms with Crippen molar-refractivity contribution in [1.82, 2.24) is 0 Å². The van der Waals surface area contributed by atoms with Crippen LogP contribution in [0.4, 0.5) is 5.69 Å². The van der Waals surface area contributed by atoms with Crippen molar-refractivity contribution in [1.29, 1.82) is 0 Å². The number of rotatable bonds is 4. The number of hydrogen-bond donors (Lipinski definition) is 1. The fourth-order valence-electron chi connectivity index (χ4n) is 2.60. The SMILES string of the molecule is COc1ccc2c(c1)SCc1ccc(N(C)CC(=O)O)cc1-2. The molecule has 1 aliphatic heterocycles. The molecule has 0 amide bonds. The van der Waals surface area contributed by atoms with Gasteiger partial charge >= 0.3 is 5.97 Å². The second-order valence-corrected chi connectivity index (χ2v) is 6.26. The van der Waals surface area contributed by atoms with Crippen LogP contribution in [0.1, 0.15) is 5.56 Å². The molecule has 0 radical (unpaired) electrons. The number of carboxylic acids is 1. The van der Waals surface area contributed by atoms with Crippen LogP contribution in [0.25, 0.3) is 11.1 Å². The molecule has 0 saturated carbocycles. The van der Waals surface area contributed by atoms with Gasteiger partial charge < -0.3 is 14.7 Å². The van der Waals surface area contributed by atoms with E-state index in [0.29, 0.717) is 0 Å². The third-order valence-corrected chi connectivity index (χ3v) is 4.87. The minimum Gasteiger partial charge on any atom is -0.497 e. The standard InChI is InChI=1S/C17H17NO3S/c1-18(9-17(19)20)12-4-3-11-10-22-16-8-13(21-2)5-6-14(16)15(11)7-12/h3-8H,9-10H2,1-2H3,(H,19,20). The Bertz CT molecular complexity index is 730. The van der Waals surface area contributed by atoms with E-state index in [4.69, 9.17) is 9.84 Å². The number of fused-ring (bicyclic) bond motifs is 3. The summed E-state index contributed by atoms with van der Waals surface area (Å²) in [7, 11) is 3.46. The molecule has 0 unspecified atom stereocenters. The maximum Gasteiger partial charge on any atom is 0.323 e. The molecule has 0 bridgehead atoms. The van der Waals surface area contributed by atoms with E-state index in [9.17, 15) is 4.79 Å². The van der Waals surface area contributed by atoms with Crippen LogP contribution in [0.5, 0.6) is 5.75 Å². The Balaban J connectivity index is 2.01. The molecule has 22 heavy (non-hydrogen) atoms. The van der Waals surface area contributed by atoms with Crippen molar-refractivity contribution < 1.29 is 14.6 Å². The van der Waals surface area contributed by atoms with Gasteiger partial charge in [0.15, 0.2) is 0 Å². The summed E-state index contributed by atoms with van der Waals surface area (Å²) in [6.45, 7) is -0.0109. The number of thioether (sulfide) groups is 1. The first-order chi connectivity index (χ1) is 10.6. The highest BCUT2D eigenvalue weighted by Crippen LogP contribution is 2.44. The first-order valence-corrected chi connectivity index (χ1v) is 7.94. The number of nitrogens with zero attached hydrogens (tertiary/aromatic N) is 1. The molecule has 0 saturated heterocycles. The highest BCUT2D eigenvalue weighted by atomic mass is 32.2. The summed E-state index contributed by atoms with van der Waals surface area (Å²) in [5.74, 6) is 0.938. The Morgan fingerprint density at radius 3 is 2.82 bits per heavy atom. The van der Waals surface area contributed by atoms with Crippen molar-refractivity contribution >= 4 is 23.4 Å². The predicted molar refractivity (Wildman–Crippen MR) is 88.9 cm³/mol. The zero-order chi connectivity index (χ0) is 15.7. The summed E-state index contributed by atoms with van der Waals surface area (Å²) in [6.07, 6.45) is 0. The molecule has 0 aromatic heterocycles. The molecule has 4 nitrogen and oxygen atoms in total. The minimum absolute atomic E-state index is 0.0109. The van der Waals surface area contributed by atoms with E-state index in [0.717, 1.165) is 17.2 Å². The van der Waals surface area contributed by atoms with Crippen molar-refractivity contribution in [2.75, 3.05) is 25.6 Å². The molecule has 1 N–H and O–H groups in total. The lowest BCUT2D eigenvalue weighted by Crippen LogP contribution is -2.25. The number of aliphatic carboxylic acids is 1. The molecule has 5 heteroatoms. The zero-order valence-corrected chi connectivity index (χ0v) is 13.3. The zero-order valence-electron chi connectivity index (χ0n) is 12.5. The lowest BCUT2D eigenvalue weighted by molar-refractivity contribution is -0.135. The molecule has 2 aromatic carbocycles. The summed E-state index contributed by atoms with van der Waals surface area (Å²) < 4.78 is 5.29. The van der Waals surface area contributed by atoms with E-state index in [1.165, 1.54) is 21.6 Å². The largest absolute Gasteiger partial charge is 0.497 e. The van der Waals surface area contributed by atoms with Crippen LogP contribution >= 0.6 is 11.8 Å². The topological polar surface area (TPSA) is 49.8 Å². The second-order valence-electron chi connectivity index (χ2n) is 5.24. The Morgan fingerprint density at radius 1 is 1.27 bits per heavy atom. The monoisotopic (exact) mass is 315 g/mol. The lowest BCUT2D eigenvalue weighted by atomic mass is 9.98. The minimum atomic E-state index is -0.832. The van der Waals surface area contributed by atoms with E-state index in [1.54, 1.807) is 30.8 Å². The molecule has 1 heterocycles. The van der Waals surface area contributed by atoms with E-state index < -0.39 is 5.97 Å². The molecule has 0 spiro atoms. The highest BCUT2D eigenvalue weighted by Gasteiger charge is 2.18. The van der Waals surface area contributed by atoms with Gasteiger partial charge in [-0.25, -0.2) is 0 Å². The molecular weight excluding hydrogens is 298 g/mol. The van der Waals surface area contributed by atoms with Crippen molar-refractivity contribution in [2.45, 2.75) is 10.6 Å². The van der Waals surface area contributed by atoms with Gasteiger partial charge in [0, 0.05) is 23.4 Å². The van der Waals surface area contributed by atoms with E-state index in [1.807, 2.05) is 12.1 Å². The summed E-state index contributed by atoms with van der Waals surface area (Å²) >= 11 is 1.80. The van der Waals surface area contributed by atoms with Gasteiger partial charge in [0.2, 0.25) is 0 Å². The number of anilines is 1. The number of benzene rings is 2. The van der Waals surface area contributed by atoms with Crippen molar-refractivity contribution in [3.8, 4) is 16.9 Å². The fraction of sp³-hybridized carbons (Fsp3) is 0.235. The van der Waals surface area contributed by atoms with Crippen molar-refractivity contribution in [3.63, 3.8) is 0 Å². The van der Waals surface area contributed by atoms with Crippen molar-refractivity contribution in [3.05, 3.63) is 42.0 Å². The van der Waals surface area contributed by atoms with Crippen LogP contribution in [-0.2, 0) is 10.5 Å². The first kappa shape index (κ1) is 14.8. The van der Waals surface area contributed by atoms with E-state index in [-0.39, 0.29) is 6.54 Å². The van der Waals surface area contributed by atoms with Gasteiger partial charge in [-0.15, -0.1) is 11.8 Å². The molecule has 0 fully saturated rings. The number of carbonyl (C=O) groups is 1. The molecule has 0 atom stereocenters. The first-order valence-electron chi connectivity index (χ1n) is 6.95. The quantitative estimate of drug-likeness (QED) is 0.936. The molecule has 1 aliphatic rings. The van der Waals surface area contributed by atoms with E-state index in [2.05, 4.69) is 24.3 Å². The molecule has 0 aliphatic carbocycles. The van der Waals surface area contributed by atoms with Crippen LogP contribution in [0.3, 0.4) is 0 Å². The third-order valence-electron chi connectivity index (χ3n) is 3.77. The van der Waals surface area contributed by atoms with Gasteiger partial charge in [0.05, 0.1) is 7.11 Å². The maximum absolute atomic E-state index is 10.9. The maximum atomic E-state index is 10.9. The molecule has 114 valence electrons.